The zero-order chi connectivity index (χ0) is 19.7. The van der Waals surface area contributed by atoms with Crippen molar-refractivity contribution in [1.82, 2.24) is 20.5 Å². The molecule has 1 amide bonds. The molecular formula is C20H20N4O4. The molecule has 0 unspecified atom stereocenters. The minimum Gasteiger partial charge on any atom is -0.486 e. The molecule has 0 bridgehead atoms. The first kappa shape index (κ1) is 17.8. The highest BCUT2D eigenvalue weighted by Gasteiger charge is 2.19. The number of hydrogen-bond acceptors (Lipinski definition) is 5. The molecule has 1 aromatic carbocycles. The second kappa shape index (κ2) is 7.22. The van der Waals surface area contributed by atoms with Gasteiger partial charge in [-0.3, -0.25) is 14.7 Å². The summed E-state index contributed by atoms with van der Waals surface area (Å²) in [6.45, 7) is 4.80. The predicted octanol–water partition coefficient (Wildman–Crippen LogP) is 2.08. The van der Waals surface area contributed by atoms with Gasteiger partial charge in [0.25, 0.3) is 11.5 Å². The lowest BCUT2D eigenvalue weighted by molar-refractivity contribution is 0.0951. The fraction of sp³-hybridized carbons (Fsp3) is 0.250. The Balaban J connectivity index is 1.56. The van der Waals surface area contributed by atoms with Crippen LogP contribution in [0, 0.1) is 13.8 Å². The summed E-state index contributed by atoms with van der Waals surface area (Å²) in [7, 11) is 0. The zero-order valence-electron chi connectivity index (χ0n) is 15.6. The smallest absolute Gasteiger partial charge is 0.255 e. The third kappa shape index (κ3) is 3.36. The molecule has 8 heteroatoms. The fourth-order valence-corrected chi connectivity index (χ4v) is 3.24. The van der Waals surface area contributed by atoms with E-state index in [1.165, 1.54) is 6.20 Å². The van der Waals surface area contributed by atoms with Crippen LogP contribution in [0.15, 0.2) is 35.3 Å². The second-order valence-corrected chi connectivity index (χ2v) is 6.64. The summed E-state index contributed by atoms with van der Waals surface area (Å²) in [6, 6.07) is 7.34. The van der Waals surface area contributed by atoms with Crippen LogP contribution in [0.4, 0.5) is 0 Å². The van der Waals surface area contributed by atoms with E-state index in [0.717, 1.165) is 16.8 Å². The van der Waals surface area contributed by atoms with Crippen molar-refractivity contribution < 1.29 is 14.3 Å². The van der Waals surface area contributed by atoms with E-state index in [9.17, 15) is 9.59 Å². The normalized spacial score (nSPS) is 12.6. The number of aromatic nitrogens is 3. The predicted molar refractivity (Wildman–Crippen MR) is 103 cm³/mol. The van der Waals surface area contributed by atoms with Crippen LogP contribution in [0.1, 0.15) is 27.2 Å². The summed E-state index contributed by atoms with van der Waals surface area (Å²) in [4.78, 5) is 27.6. The van der Waals surface area contributed by atoms with Gasteiger partial charge in [-0.2, -0.15) is 5.10 Å². The molecule has 1 aliphatic heterocycles. The van der Waals surface area contributed by atoms with Crippen molar-refractivity contribution in [2.24, 2.45) is 0 Å². The number of aryl methyl sites for hydroxylation is 2. The Morgan fingerprint density at radius 1 is 1.18 bits per heavy atom. The molecule has 3 heterocycles. The van der Waals surface area contributed by atoms with Gasteiger partial charge in [0.2, 0.25) is 0 Å². The van der Waals surface area contributed by atoms with E-state index in [-0.39, 0.29) is 18.0 Å². The van der Waals surface area contributed by atoms with E-state index in [1.54, 1.807) is 0 Å². The maximum atomic E-state index is 12.7. The minimum absolute atomic E-state index is 0.131. The fourth-order valence-electron chi connectivity index (χ4n) is 3.24. The molecule has 0 spiro atoms. The summed E-state index contributed by atoms with van der Waals surface area (Å²) in [6.07, 6.45) is 1.47. The van der Waals surface area contributed by atoms with E-state index in [2.05, 4.69) is 20.5 Å². The molecular weight excluding hydrogens is 360 g/mol. The van der Waals surface area contributed by atoms with Gasteiger partial charge >= 0.3 is 0 Å². The average Bonchev–Trinajstić information content (AvgIpc) is 3.16. The van der Waals surface area contributed by atoms with Gasteiger partial charge in [0.1, 0.15) is 13.2 Å². The summed E-state index contributed by atoms with van der Waals surface area (Å²) >= 11 is 0. The summed E-state index contributed by atoms with van der Waals surface area (Å²) in [5.41, 5.74) is 3.67. The standard InChI is InChI=1S/C20H20N4O4/c1-11-7-12(2)23-20(26)14(11)9-21-19(25)15-10-22-24-18(15)13-3-4-16-17(8-13)28-6-5-27-16/h3-4,7-8,10H,5-6,9H2,1-2H3,(H,21,25)(H,22,24)(H,23,26). The van der Waals surface area contributed by atoms with Gasteiger partial charge in [0, 0.05) is 23.4 Å². The van der Waals surface area contributed by atoms with E-state index < -0.39 is 0 Å². The molecule has 0 aliphatic carbocycles. The third-order valence-corrected chi connectivity index (χ3v) is 4.63. The number of carbonyl (C=O) groups is 1. The summed E-state index contributed by atoms with van der Waals surface area (Å²) < 4.78 is 11.1. The number of H-pyrrole nitrogens is 2. The third-order valence-electron chi connectivity index (χ3n) is 4.63. The van der Waals surface area contributed by atoms with Crippen LogP contribution in [-0.4, -0.2) is 34.3 Å². The average molecular weight is 380 g/mol. The van der Waals surface area contributed by atoms with Gasteiger partial charge in [0.05, 0.1) is 17.5 Å². The topological polar surface area (TPSA) is 109 Å². The molecule has 0 saturated carbocycles. The molecule has 0 atom stereocenters. The number of fused-ring (bicyclic) bond motifs is 1. The van der Waals surface area contributed by atoms with Gasteiger partial charge in [-0.25, -0.2) is 0 Å². The largest absolute Gasteiger partial charge is 0.486 e. The number of aromatic amines is 2. The van der Waals surface area contributed by atoms with E-state index in [0.29, 0.717) is 41.5 Å². The SMILES string of the molecule is Cc1cc(C)c(CNC(=O)c2cn[nH]c2-c2ccc3c(c2)OCCO3)c(=O)[nH]1. The zero-order valence-corrected chi connectivity index (χ0v) is 15.6. The molecule has 4 rings (SSSR count). The van der Waals surface area contributed by atoms with Crippen LogP contribution in [-0.2, 0) is 6.54 Å². The Morgan fingerprint density at radius 2 is 1.96 bits per heavy atom. The Labute approximate surface area is 160 Å². The van der Waals surface area contributed by atoms with E-state index >= 15 is 0 Å². The van der Waals surface area contributed by atoms with Crippen molar-refractivity contribution in [2.45, 2.75) is 20.4 Å². The lowest BCUT2D eigenvalue weighted by atomic mass is 10.1. The molecule has 3 aromatic rings. The molecule has 0 saturated heterocycles. The number of ether oxygens (including phenoxy) is 2. The highest BCUT2D eigenvalue weighted by atomic mass is 16.6. The quantitative estimate of drug-likeness (QED) is 0.642. The highest BCUT2D eigenvalue weighted by Crippen LogP contribution is 2.34. The van der Waals surface area contributed by atoms with Gasteiger partial charge in [-0.1, -0.05) is 0 Å². The Kier molecular flexibility index (Phi) is 4.60. The van der Waals surface area contributed by atoms with Gasteiger partial charge in [0.15, 0.2) is 11.5 Å². The van der Waals surface area contributed by atoms with Crippen molar-refractivity contribution in [3.8, 4) is 22.8 Å². The number of rotatable bonds is 4. The summed E-state index contributed by atoms with van der Waals surface area (Å²) in [5, 5.41) is 9.67. The first-order chi connectivity index (χ1) is 13.5. The summed E-state index contributed by atoms with van der Waals surface area (Å²) in [5.74, 6) is 0.985. The number of nitrogens with one attached hydrogen (secondary N) is 3. The number of hydrogen-bond donors (Lipinski definition) is 3. The number of benzene rings is 1. The van der Waals surface area contributed by atoms with Crippen molar-refractivity contribution >= 4 is 5.91 Å². The first-order valence-electron chi connectivity index (χ1n) is 8.94. The monoisotopic (exact) mass is 380 g/mol. The van der Waals surface area contributed by atoms with Crippen LogP contribution in [0.3, 0.4) is 0 Å². The lowest BCUT2D eigenvalue weighted by Gasteiger charge is -2.18. The molecule has 28 heavy (non-hydrogen) atoms. The van der Waals surface area contributed by atoms with Crippen molar-refractivity contribution in [3.63, 3.8) is 0 Å². The van der Waals surface area contributed by atoms with E-state index in [1.807, 2.05) is 38.1 Å². The Morgan fingerprint density at radius 3 is 2.75 bits per heavy atom. The maximum Gasteiger partial charge on any atom is 0.255 e. The number of carbonyl (C=O) groups excluding carboxylic acids is 1. The van der Waals surface area contributed by atoms with Crippen LogP contribution >= 0.6 is 0 Å². The van der Waals surface area contributed by atoms with Crippen molar-refractivity contribution in [1.29, 1.82) is 0 Å². The Hall–Kier alpha value is -3.55. The molecule has 3 N–H and O–H groups in total. The van der Waals surface area contributed by atoms with Crippen LogP contribution in [0.5, 0.6) is 11.5 Å². The van der Waals surface area contributed by atoms with Gasteiger partial charge in [-0.05, 0) is 43.7 Å². The van der Waals surface area contributed by atoms with Gasteiger partial charge in [-0.15, -0.1) is 0 Å². The van der Waals surface area contributed by atoms with Crippen LogP contribution in [0.25, 0.3) is 11.3 Å². The van der Waals surface area contributed by atoms with Crippen LogP contribution < -0.4 is 20.3 Å². The minimum atomic E-state index is -0.321. The highest BCUT2D eigenvalue weighted by molar-refractivity contribution is 5.99. The van der Waals surface area contributed by atoms with E-state index in [4.69, 9.17) is 9.47 Å². The molecule has 0 fully saturated rings. The maximum absolute atomic E-state index is 12.7. The Bertz CT molecular complexity index is 1100. The van der Waals surface area contributed by atoms with Crippen molar-refractivity contribution in [3.05, 3.63) is 63.2 Å². The number of pyridine rings is 1. The molecule has 8 nitrogen and oxygen atoms in total. The molecule has 144 valence electrons. The molecule has 2 aromatic heterocycles. The second-order valence-electron chi connectivity index (χ2n) is 6.64. The van der Waals surface area contributed by atoms with Crippen molar-refractivity contribution in [2.75, 3.05) is 13.2 Å². The molecule has 0 radical (unpaired) electrons. The number of nitrogens with zero attached hydrogens (tertiary/aromatic N) is 1. The van der Waals surface area contributed by atoms with Crippen LogP contribution in [0.2, 0.25) is 0 Å². The number of amides is 1. The first-order valence-corrected chi connectivity index (χ1v) is 8.94. The molecule has 1 aliphatic rings. The lowest BCUT2D eigenvalue weighted by Crippen LogP contribution is -2.28. The van der Waals surface area contributed by atoms with Gasteiger partial charge < -0.3 is 19.8 Å².